The van der Waals surface area contributed by atoms with E-state index >= 15 is 0 Å². The highest BCUT2D eigenvalue weighted by Gasteiger charge is 2.24. The van der Waals surface area contributed by atoms with Gasteiger partial charge in [-0.2, -0.15) is 0 Å². The third kappa shape index (κ3) is 4.13. The van der Waals surface area contributed by atoms with Crippen LogP contribution in [0.3, 0.4) is 0 Å². The van der Waals surface area contributed by atoms with E-state index in [1.807, 2.05) is 61.5 Å². The molecule has 4 aromatic rings. The number of carbonyl (C=O) groups excluding carboxylic acids is 2. The van der Waals surface area contributed by atoms with Crippen LogP contribution in [0, 0.1) is 6.92 Å². The number of para-hydroxylation sites is 1. The molecule has 0 saturated carbocycles. The average Bonchev–Trinajstić information content (AvgIpc) is 3.22. The Balaban J connectivity index is 1.43. The maximum absolute atomic E-state index is 13.4. The number of primary amides is 1. The fourth-order valence-corrected chi connectivity index (χ4v) is 4.86. The van der Waals surface area contributed by atoms with Crippen LogP contribution in [0.15, 0.2) is 84.9 Å². The van der Waals surface area contributed by atoms with Gasteiger partial charge in [-0.25, -0.2) is 0 Å². The molecule has 3 N–H and O–H groups in total. The Bertz CT molecular complexity index is 1360. The molecule has 3 aromatic carbocycles. The lowest BCUT2D eigenvalue weighted by Crippen LogP contribution is -2.39. The second-order valence-electron chi connectivity index (χ2n) is 8.83. The number of amides is 2. The fraction of sp³-hybridized carbons (Fsp3) is 0.172. The number of benzene rings is 3. The molecule has 0 aliphatic heterocycles. The Morgan fingerprint density at radius 2 is 1.62 bits per heavy atom. The number of hydrogen-bond donors (Lipinski definition) is 2. The Kier molecular flexibility index (Phi) is 5.76. The second kappa shape index (κ2) is 9.02. The van der Waals surface area contributed by atoms with Crippen LogP contribution in [0.25, 0.3) is 16.9 Å². The van der Waals surface area contributed by atoms with Crippen LogP contribution < -0.4 is 11.1 Å². The van der Waals surface area contributed by atoms with Crippen LogP contribution in [0.4, 0.5) is 0 Å². The molecular weight excluding hydrogens is 422 g/mol. The number of aromatic nitrogens is 1. The van der Waals surface area contributed by atoms with Gasteiger partial charge in [-0.05, 0) is 73.2 Å². The molecule has 5 rings (SSSR count). The summed E-state index contributed by atoms with van der Waals surface area (Å²) in [6.45, 7) is 2.00. The molecule has 34 heavy (non-hydrogen) atoms. The number of carbonyl (C=O) groups is 2. The minimum absolute atomic E-state index is 0.0408. The number of fused-ring (bicyclic) bond motifs is 1. The highest BCUT2D eigenvalue weighted by molar-refractivity contribution is 5.97. The summed E-state index contributed by atoms with van der Waals surface area (Å²) in [5.41, 5.74) is 12.9. The molecule has 170 valence electrons. The summed E-state index contributed by atoms with van der Waals surface area (Å²) in [6.07, 6.45) is 2.37. The third-order valence-electron chi connectivity index (χ3n) is 6.63. The Hall–Kier alpha value is -4.12. The Morgan fingerprint density at radius 1 is 0.912 bits per heavy atom. The number of aryl methyl sites for hydroxylation is 1. The lowest BCUT2D eigenvalue weighted by atomic mass is 9.87. The van der Waals surface area contributed by atoms with Crippen LogP contribution in [0.2, 0.25) is 0 Å². The summed E-state index contributed by atoms with van der Waals surface area (Å²) in [5, 5.41) is 3.25. The van der Waals surface area contributed by atoms with Gasteiger partial charge in [-0.1, -0.05) is 54.6 Å². The zero-order valence-corrected chi connectivity index (χ0v) is 19.1. The van der Waals surface area contributed by atoms with Gasteiger partial charge in [0.1, 0.15) is 0 Å². The highest BCUT2D eigenvalue weighted by atomic mass is 16.2. The molecule has 2 amide bonds. The summed E-state index contributed by atoms with van der Waals surface area (Å²) < 4.78 is 2.14. The minimum atomic E-state index is -0.411. The number of hydrogen-bond acceptors (Lipinski definition) is 2. The van der Waals surface area contributed by atoms with Crippen LogP contribution in [-0.4, -0.2) is 22.4 Å². The average molecular weight is 450 g/mol. The van der Waals surface area contributed by atoms with Gasteiger partial charge < -0.3 is 15.6 Å². The molecule has 5 heteroatoms. The molecule has 1 aliphatic rings. The molecule has 0 spiro atoms. The van der Waals surface area contributed by atoms with Crippen molar-refractivity contribution in [1.29, 1.82) is 0 Å². The van der Waals surface area contributed by atoms with Crippen LogP contribution >= 0.6 is 0 Å². The standard InChI is InChI=1S/C29H27N3O2/c1-19-26(18-27(20-8-4-2-5-9-20)32(19)25-10-6-3-7-11-25)29(34)31-24-15-14-21-16-23(28(30)33)13-12-22(21)17-24/h2-13,16,18,24H,14-15,17H2,1H3,(H2,30,33)(H,31,34). The molecule has 0 bridgehead atoms. The van der Waals surface area contributed by atoms with Gasteiger partial charge in [0, 0.05) is 23.0 Å². The first kappa shape index (κ1) is 21.7. The Morgan fingerprint density at radius 3 is 2.32 bits per heavy atom. The van der Waals surface area contributed by atoms with Crippen molar-refractivity contribution in [3.05, 3.63) is 113 Å². The SMILES string of the molecule is Cc1c(C(=O)NC2CCc3cc(C(N)=O)ccc3C2)cc(-c2ccccc2)n1-c1ccccc1. The van der Waals surface area contributed by atoms with Crippen LogP contribution in [0.5, 0.6) is 0 Å². The van der Waals surface area contributed by atoms with E-state index < -0.39 is 5.91 Å². The monoisotopic (exact) mass is 449 g/mol. The lowest BCUT2D eigenvalue weighted by molar-refractivity contribution is 0.0932. The van der Waals surface area contributed by atoms with Gasteiger partial charge in [0.25, 0.3) is 5.91 Å². The van der Waals surface area contributed by atoms with E-state index in [4.69, 9.17) is 5.73 Å². The zero-order chi connectivity index (χ0) is 23.7. The topological polar surface area (TPSA) is 77.1 Å². The van der Waals surface area contributed by atoms with Crippen LogP contribution in [-0.2, 0) is 12.8 Å². The predicted octanol–water partition coefficient (Wildman–Crippen LogP) is 4.84. The van der Waals surface area contributed by atoms with E-state index in [1.54, 1.807) is 6.07 Å². The molecule has 0 radical (unpaired) electrons. The van der Waals surface area contributed by atoms with Crippen LogP contribution in [0.1, 0.15) is 44.0 Å². The number of nitrogens with zero attached hydrogens (tertiary/aromatic N) is 1. The summed E-state index contributed by atoms with van der Waals surface area (Å²) in [7, 11) is 0. The largest absolute Gasteiger partial charge is 0.366 e. The number of rotatable bonds is 5. The minimum Gasteiger partial charge on any atom is -0.366 e. The van der Waals surface area contributed by atoms with Gasteiger partial charge in [-0.3, -0.25) is 9.59 Å². The van der Waals surface area contributed by atoms with E-state index in [2.05, 4.69) is 34.1 Å². The number of nitrogens with one attached hydrogen (secondary N) is 1. The molecular formula is C29H27N3O2. The van der Waals surface area contributed by atoms with Crippen molar-refractivity contribution in [2.24, 2.45) is 5.73 Å². The van der Waals surface area contributed by atoms with Gasteiger partial charge in [-0.15, -0.1) is 0 Å². The van der Waals surface area contributed by atoms with Gasteiger partial charge in [0.05, 0.1) is 11.3 Å². The van der Waals surface area contributed by atoms with Crippen molar-refractivity contribution >= 4 is 11.8 Å². The first-order valence-corrected chi connectivity index (χ1v) is 11.6. The first-order valence-electron chi connectivity index (χ1n) is 11.6. The fourth-order valence-electron chi connectivity index (χ4n) is 4.86. The van der Waals surface area contributed by atoms with E-state index in [1.165, 1.54) is 0 Å². The second-order valence-corrected chi connectivity index (χ2v) is 8.83. The number of nitrogens with two attached hydrogens (primary N) is 1. The lowest BCUT2D eigenvalue weighted by Gasteiger charge is -2.26. The highest BCUT2D eigenvalue weighted by Crippen LogP contribution is 2.30. The molecule has 1 aliphatic carbocycles. The first-order chi connectivity index (χ1) is 16.5. The third-order valence-corrected chi connectivity index (χ3v) is 6.63. The van der Waals surface area contributed by atoms with Crippen molar-refractivity contribution in [3.8, 4) is 16.9 Å². The molecule has 1 heterocycles. The normalized spacial score (nSPS) is 14.9. The van der Waals surface area contributed by atoms with Crippen molar-refractivity contribution in [2.75, 3.05) is 0 Å². The zero-order valence-electron chi connectivity index (χ0n) is 19.1. The van der Waals surface area contributed by atoms with Crippen molar-refractivity contribution in [2.45, 2.75) is 32.2 Å². The van der Waals surface area contributed by atoms with E-state index in [0.717, 1.165) is 53.0 Å². The molecule has 1 atom stereocenters. The summed E-state index contributed by atoms with van der Waals surface area (Å²) in [4.78, 5) is 24.9. The summed E-state index contributed by atoms with van der Waals surface area (Å²) in [6, 6.07) is 27.9. The van der Waals surface area contributed by atoms with Crippen molar-refractivity contribution < 1.29 is 9.59 Å². The predicted molar refractivity (Wildman–Crippen MR) is 134 cm³/mol. The molecule has 1 aromatic heterocycles. The Labute approximate surface area is 199 Å². The smallest absolute Gasteiger partial charge is 0.253 e. The van der Waals surface area contributed by atoms with E-state index in [0.29, 0.717) is 11.1 Å². The van der Waals surface area contributed by atoms with Gasteiger partial charge >= 0.3 is 0 Å². The van der Waals surface area contributed by atoms with Gasteiger partial charge in [0.2, 0.25) is 5.91 Å². The van der Waals surface area contributed by atoms with E-state index in [9.17, 15) is 9.59 Å². The molecule has 5 nitrogen and oxygen atoms in total. The quantitative estimate of drug-likeness (QED) is 0.457. The van der Waals surface area contributed by atoms with E-state index in [-0.39, 0.29) is 11.9 Å². The van der Waals surface area contributed by atoms with Gasteiger partial charge in [0.15, 0.2) is 0 Å². The maximum Gasteiger partial charge on any atom is 0.253 e. The maximum atomic E-state index is 13.4. The summed E-state index contributed by atoms with van der Waals surface area (Å²) in [5.74, 6) is -0.475. The molecule has 0 fully saturated rings. The van der Waals surface area contributed by atoms with Crippen molar-refractivity contribution in [1.82, 2.24) is 9.88 Å². The summed E-state index contributed by atoms with van der Waals surface area (Å²) >= 11 is 0. The van der Waals surface area contributed by atoms with Crippen molar-refractivity contribution in [3.63, 3.8) is 0 Å². The molecule has 0 saturated heterocycles. The molecule has 1 unspecified atom stereocenters.